The number of aromatic nitrogens is 1. The van der Waals surface area contributed by atoms with E-state index in [9.17, 15) is 0 Å². The van der Waals surface area contributed by atoms with Crippen LogP contribution >= 0.6 is 11.3 Å². The van der Waals surface area contributed by atoms with Gasteiger partial charge in [-0.15, -0.1) is 11.3 Å². The normalized spacial score (nSPS) is 11.7. The molecular weight excluding hydrogens is 260 g/mol. The summed E-state index contributed by atoms with van der Waals surface area (Å²) in [6, 6.07) is 5.85. The second kappa shape index (κ2) is 6.31. The molecule has 0 fully saturated rings. The van der Waals surface area contributed by atoms with Crippen LogP contribution in [0.1, 0.15) is 21.7 Å². The summed E-state index contributed by atoms with van der Waals surface area (Å²) in [5.41, 5.74) is 8.31. The number of hydrogen-bond donors (Lipinski definition) is 3. The van der Waals surface area contributed by atoms with Crippen molar-refractivity contribution >= 4 is 17.2 Å². The Bertz CT molecular complexity index is 580. The molecule has 2 aromatic heterocycles. The molecule has 19 heavy (non-hydrogen) atoms. The van der Waals surface area contributed by atoms with Gasteiger partial charge in [-0.05, 0) is 35.6 Å². The Kier molecular flexibility index (Phi) is 4.48. The maximum atomic E-state index is 8.73. The van der Waals surface area contributed by atoms with Crippen molar-refractivity contribution in [1.29, 1.82) is 0 Å². The van der Waals surface area contributed by atoms with Gasteiger partial charge in [-0.1, -0.05) is 11.2 Å². The van der Waals surface area contributed by atoms with E-state index in [1.807, 2.05) is 12.1 Å². The van der Waals surface area contributed by atoms with Gasteiger partial charge >= 0.3 is 0 Å². The number of nitrogens with zero attached hydrogens (tertiary/aromatic N) is 2. The van der Waals surface area contributed by atoms with Crippen LogP contribution in [0.2, 0.25) is 0 Å². The SMILES string of the molecule is Cc1ccsc1CNCc1cccnc1C(N)=NO. The second-order valence-electron chi connectivity index (χ2n) is 4.13. The number of amidine groups is 1. The molecule has 0 bridgehead atoms. The Morgan fingerprint density at radius 1 is 1.47 bits per heavy atom. The molecule has 2 heterocycles. The Morgan fingerprint density at radius 3 is 3.00 bits per heavy atom. The largest absolute Gasteiger partial charge is 0.409 e. The lowest BCUT2D eigenvalue weighted by Crippen LogP contribution is -2.21. The molecule has 2 aromatic rings. The van der Waals surface area contributed by atoms with Crippen molar-refractivity contribution in [1.82, 2.24) is 10.3 Å². The topological polar surface area (TPSA) is 83.5 Å². The molecule has 0 aliphatic heterocycles. The van der Waals surface area contributed by atoms with Gasteiger partial charge in [0, 0.05) is 24.2 Å². The van der Waals surface area contributed by atoms with Crippen molar-refractivity contribution in [3.8, 4) is 0 Å². The number of thiophene rings is 1. The summed E-state index contributed by atoms with van der Waals surface area (Å²) in [4.78, 5) is 5.44. The van der Waals surface area contributed by atoms with E-state index in [0.717, 1.165) is 12.1 Å². The van der Waals surface area contributed by atoms with Gasteiger partial charge in [-0.25, -0.2) is 0 Å². The summed E-state index contributed by atoms with van der Waals surface area (Å²) in [6.07, 6.45) is 1.63. The minimum Gasteiger partial charge on any atom is -0.409 e. The Morgan fingerprint density at radius 2 is 2.32 bits per heavy atom. The van der Waals surface area contributed by atoms with Gasteiger partial charge in [0.25, 0.3) is 0 Å². The van der Waals surface area contributed by atoms with Crippen LogP contribution in [0.5, 0.6) is 0 Å². The fraction of sp³-hybridized carbons (Fsp3) is 0.231. The summed E-state index contributed by atoms with van der Waals surface area (Å²) in [5, 5.41) is 17.2. The lowest BCUT2D eigenvalue weighted by molar-refractivity contribution is 0.318. The van der Waals surface area contributed by atoms with Crippen molar-refractivity contribution in [3.05, 3.63) is 51.5 Å². The van der Waals surface area contributed by atoms with E-state index in [4.69, 9.17) is 10.9 Å². The number of oxime groups is 1. The predicted molar refractivity (Wildman–Crippen MR) is 76.3 cm³/mol. The highest BCUT2D eigenvalue weighted by Gasteiger charge is 2.08. The van der Waals surface area contributed by atoms with Crippen molar-refractivity contribution in [2.24, 2.45) is 10.9 Å². The van der Waals surface area contributed by atoms with Gasteiger partial charge in [0.05, 0.1) is 0 Å². The average Bonchev–Trinajstić information content (AvgIpc) is 2.84. The minimum atomic E-state index is 0.0321. The van der Waals surface area contributed by atoms with Gasteiger partial charge in [-0.2, -0.15) is 0 Å². The van der Waals surface area contributed by atoms with E-state index < -0.39 is 0 Å². The van der Waals surface area contributed by atoms with E-state index in [2.05, 4.69) is 33.8 Å². The molecule has 0 unspecified atom stereocenters. The second-order valence-corrected chi connectivity index (χ2v) is 5.13. The van der Waals surface area contributed by atoms with Crippen LogP contribution in [-0.2, 0) is 13.1 Å². The van der Waals surface area contributed by atoms with E-state index in [1.165, 1.54) is 10.4 Å². The zero-order valence-corrected chi connectivity index (χ0v) is 11.4. The number of hydrogen-bond acceptors (Lipinski definition) is 5. The minimum absolute atomic E-state index is 0.0321. The molecule has 5 nitrogen and oxygen atoms in total. The standard InChI is InChI=1S/C13H16N4OS/c1-9-4-6-19-11(9)8-15-7-10-3-2-5-16-12(10)13(14)17-18/h2-6,15,18H,7-8H2,1H3,(H2,14,17). The van der Waals surface area contributed by atoms with E-state index in [-0.39, 0.29) is 5.84 Å². The van der Waals surface area contributed by atoms with E-state index in [1.54, 1.807) is 17.5 Å². The fourth-order valence-electron chi connectivity index (χ4n) is 1.76. The lowest BCUT2D eigenvalue weighted by Gasteiger charge is -2.08. The van der Waals surface area contributed by atoms with E-state index >= 15 is 0 Å². The molecule has 0 aliphatic rings. The summed E-state index contributed by atoms with van der Waals surface area (Å²) >= 11 is 1.73. The smallest absolute Gasteiger partial charge is 0.189 e. The zero-order valence-electron chi connectivity index (χ0n) is 10.6. The number of aryl methyl sites for hydroxylation is 1. The van der Waals surface area contributed by atoms with Gasteiger partial charge in [0.15, 0.2) is 5.84 Å². The Balaban J connectivity index is 2.02. The van der Waals surface area contributed by atoms with Crippen molar-refractivity contribution in [2.45, 2.75) is 20.0 Å². The highest BCUT2D eigenvalue weighted by molar-refractivity contribution is 7.10. The van der Waals surface area contributed by atoms with Crippen LogP contribution in [0.3, 0.4) is 0 Å². The van der Waals surface area contributed by atoms with Gasteiger partial charge in [-0.3, -0.25) is 4.98 Å². The van der Waals surface area contributed by atoms with E-state index in [0.29, 0.717) is 12.2 Å². The van der Waals surface area contributed by atoms with Crippen molar-refractivity contribution in [2.75, 3.05) is 0 Å². The molecule has 0 aliphatic carbocycles. The zero-order chi connectivity index (χ0) is 13.7. The highest BCUT2D eigenvalue weighted by atomic mass is 32.1. The maximum Gasteiger partial charge on any atom is 0.189 e. The summed E-state index contributed by atoms with van der Waals surface area (Å²) in [7, 11) is 0. The third kappa shape index (κ3) is 3.30. The summed E-state index contributed by atoms with van der Waals surface area (Å²) in [6.45, 7) is 3.52. The first-order valence-electron chi connectivity index (χ1n) is 5.88. The van der Waals surface area contributed by atoms with Crippen LogP contribution in [0.25, 0.3) is 0 Å². The first-order chi connectivity index (χ1) is 9.22. The van der Waals surface area contributed by atoms with Gasteiger partial charge in [0.2, 0.25) is 0 Å². The third-order valence-electron chi connectivity index (χ3n) is 2.81. The molecule has 2 rings (SSSR count). The Labute approximate surface area is 115 Å². The van der Waals surface area contributed by atoms with Crippen LogP contribution in [-0.4, -0.2) is 16.0 Å². The molecule has 0 saturated carbocycles. The van der Waals surface area contributed by atoms with Crippen LogP contribution in [0.15, 0.2) is 34.9 Å². The van der Waals surface area contributed by atoms with Gasteiger partial charge in [0.1, 0.15) is 5.69 Å². The quantitative estimate of drug-likeness (QED) is 0.337. The molecule has 0 amide bonds. The molecule has 100 valence electrons. The molecule has 6 heteroatoms. The monoisotopic (exact) mass is 276 g/mol. The fourth-order valence-corrected chi connectivity index (χ4v) is 2.63. The number of nitrogens with one attached hydrogen (secondary N) is 1. The first kappa shape index (κ1) is 13.5. The molecule has 4 N–H and O–H groups in total. The number of nitrogens with two attached hydrogens (primary N) is 1. The third-order valence-corrected chi connectivity index (χ3v) is 3.83. The maximum absolute atomic E-state index is 8.73. The Hall–Kier alpha value is -1.92. The lowest BCUT2D eigenvalue weighted by atomic mass is 10.2. The summed E-state index contributed by atoms with van der Waals surface area (Å²) in [5.74, 6) is 0.0321. The average molecular weight is 276 g/mol. The number of pyridine rings is 1. The summed E-state index contributed by atoms with van der Waals surface area (Å²) < 4.78 is 0. The molecule has 0 radical (unpaired) electrons. The van der Waals surface area contributed by atoms with Crippen molar-refractivity contribution in [3.63, 3.8) is 0 Å². The molecular formula is C13H16N4OS. The molecule has 0 atom stereocenters. The predicted octanol–water partition coefficient (Wildman–Crippen LogP) is 1.84. The first-order valence-corrected chi connectivity index (χ1v) is 6.76. The van der Waals surface area contributed by atoms with Crippen LogP contribution in [0.4, 0.5) is 0 Å². The molecule has 0 aromatic carbocycles. The number of rotatable bonds is 5. The van der Waals surface area contributed by atoms with Crippen molar-refractivity contribution < 1.29 is 5.21 Å². The van der Waals surface area contributed by atoms with Gasteiger partial charge < -0.3 is 16.3 Å². The highest BCUT2D eigenvalue weighted by Crippen LogP contribution is 2.15. The van der Waals surface area contributed by atoms with Crippen LogP contribution in [0, 0.1) is 6.92 Å². The van der Waals surface area contributed by atoms with Crippen LogP contribution < -0.4 is 11.1 Å². The molecule has 0 saturated heterocycles. The molecule has 0 spiro atoms.